The smallest absolute Gasteiger partial charge is 0.136 e. The summed E-state index contributed by atoms with van der Waals surface area (Å²) in [6, 6.07) is 6.56. The predicted octanol–water partition coefficient (Wildman–Crippen LogP) is 6.17. The Morgan fingerprint density at radius 3 is 2.54 bits per heavy atom. The van der Waals surface area contributed by atoms with Gasteiger partial charge in [0.15, 0.2) is 0 Å². The highest BCUT2D eigenvalue weighted by Gasteiger charge is 2.41. The Balaban J connectivity index is 1.30. The van der Waals surface area contributed by atoms with E-state index in [1.807, 2.05) is 0 Å². The standard InChI is InChI=1S/C27H28O/c28-27(16-15-22-12-5-11-20-13-6-14-24(20)22)26-18-23(19-7-1-2-8-19)17-25(26)21-9-3-4-10-21/h1-7,9,11-12,14,23,25-26H,8,10,13,15-18H2. The van der Waals surface area contributed by atoms with Gasteiger partial charge in [0.25, 0.3) is 0 Å². The Hall–Kier alpha value is -2.41. The molecule has 0 bridgehead atoms. The van der Waals surface area contributed by atoms with Crippen LogP contribution >= 0.6 is 0 Å². The van der Waals surface area contributed by atoms with E-state index in [4.69, 9.17) is 0 Å². The summed E-state index contributed by atoms with van der Waals surface area (Å²) < 4.78 is 0. The van der Waals surface area contributed by atoms with Crippen LogP contribution in [0, 0.1) is 17.8 Å². The largest absolute Gasteiger partial charge is 0.299 e. The molecule has 0 heterocycles. The molecule has 1 aromatic carbocycles. The Kier molecular flexibility index (Phi) is 4.76. The predicted molar refractivity (Wildman–Crippen MR) is 116 cm³/mol. The molecule has 28 heavy (non-hydrogen) atoms. The maximum atomic E-state index is 13.3. The Morgan fingerprint density at radius 1 is 0.929 bits per heavy atom. The monoisotopic (exact) mass is 368 g/mol. The van der Waals surface area contributed by atoms with Crippen molar-refractivity contribution in [3.05, 3.63) is 88.6 Å². The van der Waals surface area contributed by atoms with Crippen molar-refractivity contribution >= 4 is 11.9 Å². The molecule has 1 heteroatoms. The van der Waals surface area contributed by atoms with E-state index in [1.165, 1.54) is 27.8 Å². The van der Waals surface area contributed by atoms with E-state index in [-0.39, 0.29) is 5.92 Å². The van der Waals surface area contributed by atoms with Crippen LogP contribution in [-0.4, -0.2) is 5.78 Å². The zero-order chi connectivity index (χ0) is 18.9. The topological polar surface area (TPSA) is 17.1 Å². The van der Waals surface area contributed by atoms with Crippen LogP contribution in [0.1, 0.15) is 48.8 Å². The maximum absolute atomic E-state index is 13.3. The molecule has 0 aromatic heterocycles. The fourth-order valence-electron chi connectivity index (χ4n) is 5.63. The van der Waals surface area contributed by atoms with Crippen LogP contribution in [0.3, 0.4) is 0 Å². The van der Waals surface area contributed by atoms with Gasteiger partial charge in [-0.1, -0.05) is 78.0 Å². The summed E-state index contributed by atoms with van der Waals surface area (Å²) in [5.41, 5.74) is 7.14. The summed E-state index contributed by atoms with van der Waals surface area (Å²) in [5.74, 6) is 1.70. The van der Waals surface area contributed by atoms with Crippen LogP contribution in [0.15, 0.2) is 71.9 Å². The van der Waals surface area contributed by atoms with Crippen LogP contribution < -0.4 is 0 Å². The first-order valence-electron chi connectivity index (χ1n) is 10.8. The highest BCUT2D eigenvalue weighted by Crippen LogP contribution is 2.47. The zero-order valence-corrected chi connectivity index (χ0v) is 16.4. The van der Waals surface area contributed by atoms with E-state index in [9.17, 15) is 4.79 Å². The van der Waals surface area contributed by atoms with Crippen LogP contribution in [0.25, 0.3) is 6.08 Å². The van der Waals surface area contributed by atoms with Crippen molar-refractivity contribution in [3.8, 4) is 0 Å². The molecule has 3 atom stereocenters. The van der Waals surface area contributed by atoms with Gasteiger partial charge < -0.3 is 0 Å². The highest BCUT2D eigenvalue weighted by atomic mass is 16.1. The van der Waals surface area contributed by atoms with Crippen LogP contribution in [0.5, 0.6) is 0 Å². The second kappa shape index (κ2) is 7.54. The number of benzene rings is 1. The number of Topliss-reactive ketones (excluding diaryl/α,β-unsaturated/α-hetero) is 1. The molecule has 4 aliphatic carbocycles. The van der Waals surface area contributed by atoms with Gasteiger partial charge >= 0.3 is 0 Å². The number of aryl methyl sites for hydroxylation is 1. The molecule has 1 aromatic rings. The van der Waals surface area contributed by atoms with Crippen molar-refractivity contribution in [2.45, 2.75) is 44.9 Å². The average Bonchev–Trinajstić information content (AvgIpc) is 3.49. The molecule has 5 rings (SSSR count). The molecular formula is C27H28O. The molecule has 3 unspecified atom stereocenters. The zero-order valence-electron chi connectivity index (χ0n) is 16.4. The molecular weight excluding hydrogens is 340 g/mol. The van der Waals surface area contributed by atoms with E-state index < -0.39 is 0 Å². The summed E-state index contributed by atoms with van der Waals surface area (Å²) in [4.78, 5) is 13.3. The molecule has 1 nitrogen and oxygen atoms in total. The van der Waals surface area contributed by atoms with Crippen molar-refractivity contribution in [2.75, 3.05) is 0 Å². The minimum Gasteiger partial charge on any atom is -0.299 e. The number of ketones is 1. The van der Waals surface area contributed by atoms with Gasteiger partial charge in [0.1, 0.15) is 5.78 Å². The lowest BCUT2D eigenvalue weighted by Gasteiger charge is -2.20. The van der Waals surface area contributed by atoms with Gasteiger partial charge in [-0.15, -0.1) is 0 Å². The molecule has 4 aliphatic rings. The third-order valence-corrected chi connectivity index (χ3v) is 7.13. The second-order valence-corrected chi connectivity index (χ2v) is 8.69. The lowest BCUT2D eigenvalue weighted by atomic mass is 9.83. The summed E-state index contributed by atoms with van der Waals surface area (Å²) in [5, 5.41) is 0. The Labute approximate surface area is 168 Å². The van der Waals surface area contributed by atoms with E-state index in [1.54, 1.807) is 0 Å². The Morgan fingerprint density at radius 2 is 1.75 bits per heavy atom. The normalized spacial score (nSPS) is 27.4. The molecule has 1 saturated carbocycles. The molecule has 0 aliphatic heterocycles. The van der Waals surface area contributed by atoms with Crippen molar-refractivity contribution in [3.63, 3.8) is 0 Å². The quantitative estimate of drug-likeness (QED) is 0.586. The number of hydrogen-bond acceptors (Lipinski definition) is 1. The van der Waals surface area contributed by atoms with E-state index in [0.29, 0.717) is 24.0 Å². The van der Waals surface area contributed by atoms with Gasteiger partial charge in [-0.3, -0.25) is 4.79 Å². The van der Waals surface area contributed by atoms with E-state index in [2.05, 4.69) is 66.8 Å². The maximum Gasteiger partial charge on any atom is 0.136 e. The van der Waals surface area contributed by atoms with Gasteiger partial charge in [0.05, 0.1) is 0 Å². The number of hydrogen-bond donors (Lipinski definition) is 0. The molecule has 0 N–H and O–H groups in total. The number of allylic oxidation sites excluding steroid dienone is 9. The first kappa shape index (κ1) is 17.7. The van der Waals surface area contributed by atoms with E-state index >= 15 is 0 Å². The van der Waals surface area contributed by atoms with E-state index in [0.717, 1.165) is 38.5 Å². The van der Waals surface area contributed by atoms with Crippen LogP contribution in [-0.2, 0) is 17.6 Å². The van der Waals surface area contributed by atoms with Gasteiger partial charge in [-0.25, -0.2) is 0 Å². The van der Waals surface area contributed by atoms with Gasteiger partial charge in [0, 0.05) is 12.3 Å². The average molecular weight is 369 g/mol. The van der Waals surface area contributed by atoms with Crippen LogP contribution in [0.4, 0.5) is 0 Å². The lowest BCUT2D eigenvalue weighted by molar-refractivity contribution is -0.123. The van der Waals surface area contributed by atoms with Gasteiger partial charge in [-0.05, 0) is 67.1 Å². The van der Waals surface area contributed by atoms with Gasteiger partial charge in [-0.2, -0.15) is 0 Å². The fraction of sp³-hybridized carbons (Fsp3) is 0.370. The lowest BCUT2D eigenvalue weighted by Crippen LogP contribution is -2.21. The molecule has 142 valence electrons. The summed E-state index contributed by atoms with van der Waals surface area (Å²) in [7, 11) is 0. The third kappa shape index (κ3) is 3.28. The molecule has 0 saturated heterocycles. The first-order valence-corrected chi connectivity index (χ1v) is 10.8. The minimum absolute atomic E-state index is 0.199. The Bertz CT molecular complexity index is 937. The second-order valence-electron chi connectivity index (χ2n) is 8.69. The minimum atomic E-state index is 0.199. The number of fused-ring (bicyclic) bond motifs is 1. The number of rotatable bonds is 6. The highest BCUT2D eigenvalue weighted by molar-refractivity contribution is 5.82. The summed E-state index contributed by atoms with van der Waals surface area (Å²) >= 11 is 0. The van der Waals surface area contributed by atoms with Crippen molar-refractivity contribution in [2.24, 2.45) is 17.8 Å². The van der Waals surface area contributed by atoms with Crippen LogP contribution in [0.2, 0.25) is 0 Å². The number of carbonyl (C=O) groups is 1. The van der Waals surface area contributed by atoms with Crippen molar-refractivity contribution in [1.82, 2.24) is 0 Å². The third-order valence-electron chi connectivity index (χ3n) is 7.13. The van der Waals surface area contributed by atoms with Crippen molar-refractivity contribution in [1.29, 1.82) is 0 Å². The molecule has 0 radical (unpaired) electrons. The fourth-order valence-corrected chi connectivity index (χ4v) is 5.63. The first-order chi connectivity index (χ1) is 13.8. The number of carbonyl (C=O) groups excluding carboxylic acids is 1. The van der Waals surface area contributed by atoms with Crippen molar-refractivity contribution < 1.29 is 4.79 Å². The summed E-state index contributed by atoms with van der Waals surface area (Å²) in [6.07, 6.45) is 24.8. The summed E-state index contributed by atoms with van der Waals surface area (Å²) in [6.45, 7) is 0. The molecule has 0 spiro atoms. The molecule has 1 fully saturated rings. The molecule has 0 amide bonds. The van der Waals surface area contributed by atoms with Gasteiger partial charge in [0.2, 0.25) is 0 Å². The SMILES string of the molecule is O=C(CCc1cccc2c1C=CC2)C1CC(C2=CC=CC2)CC1C1=CC=CC1.